The Bertz CT molecular complexity index is 629. The first-order valence-corrected chi connectivity index (χ1v) is 8.51. The van der Waals surface area contributed by atoms with Gasteiger partial charge in [0.15, 0.2) is 0 Å². The van der Waals surface area contributed by atoms with Gasteiger partial charge in [-0.25, -0.2) is 0 Å². The van der Waals surface area contributed by atoms with Crippen LogP contribution in [0.5, 0.6) is 0 Å². The molecule has 0 aliphatic carbocycles. The van der Waals surface area contributed by atoms with Crippen LogP contribution in [0.1, 0.15) is 30.0 Å². The second kappa shape index (κ2) is 9.40. The molecular weight excluding hydrogens is 322 g/mol. The summed E-state index contributed by atoms with van der Waals surface area (Å²) in [5, 5.41) is 3.75. The fourth-order valence-corrected chi connectivity index (χ4v) is 2.71. The van der Waals surface area contributed by atoms with Crippen LogP contribution in [0.4, 0.5) is 0 Å². The first-order valence-electron chi connectivity index (χ1n) is 8.14. The lowest BCUT2D eigenvalue weighted by atomic mass is 10.1. The van der Waals surface area contributed by atoms with Gasteiger partial charge in [0.25, 0.3) is 0 Å². The van der Waals surface area contributed by atoms with Crippen LogP contribution in [-0.4, -0.2) is 36.4 Å². The normalized spacial score (nSPS) is 12.2. The van der Waals surface area contributed by atoms with Gasteiger partial charge in [0.1, 0.15) is 0 Å². The number of aryl methyl sites for hydroxylation is 1. The number of nitrogens with zero attached hydrogens (tertiary/aromatic N) is 2. The highest BCUT2D eigenvalue weighted by atomic mass is 35.5. The Balaban J connectivity index is 1.79. The number of hydrogen-bond acceptors (Lipinski definition) is 3. The fraction of sp³-hybridized carbons (Fsp3) is 0.368. The summed E-state index contributed by atoms with van der Waals surface area (Å²) in [6, 6.07) is 11.8. The van der Waals surface area contributed by atoms with Crippen molar-refractivity contribution in [3.05, 3.63) is 64.9 Å². The number of amides is 1. The summed E-state index contributed by atoms with van der Waals surface area (Å²) < 4.78 is 0. The number of carbonyl (C=O) groups is 1. The Morgan fingerprint density at radius 2 is 2.00 bits per heavy atom. The van der Waals surface area contributed by atoms with Crippen molar-refractivity contribution in [3.8, 4) is 0 Å². The van der Waals surface area contributed by atoms with E-state index in [2.05, 4.69) is 15.2 Å². The molecule has 1 aromatic carbocycles. The molecule has 2 aromatic rings. The van der Waals surface area contributed by atoms with Crippen molar-refractivity contribution in [2.24, 2.45) is 0 Å². The average Bonchev–Trinajstić information content (AvgIpc) is 2.57. The predicted octanol–water partition coefficient (Wildman–Crippen LogP) is 3.48. The number of benzene rings is 1. The second-order valence-corrected chi connectivity index (χ2v) is 6.49. The molecule has 0 saturated heterocycles. The second-order valence-electron chi connectivity index (χ2n) is 6.05. The van der Waals surface area contributed by atoms with E-state index in [-0.39, 0.29) is 11.9 Å². The van der Waals surface area contributed by atoms with Crippen LogP contribution < -0.4 is 5.32 Å². The van der Waals surface area contributed by atoms with Gasteiger partial charge in [0, 0.05) is 30.4 Å². The standard InChI is InChI=1S/C19H24ClN3O/c1-23(2)18(16-8-10-17(20)11-9-16)14-22-19(24)7-3-5-15-6-4-12-21-13-15/h4,6,8-13,18H,3,5,7,14H2,1-2H3,(H,22,24). The van der Waals surface area contributed by atoms with E-state index in [1.165, 1.54) is 0 Å². The highest BCUT2D eigenvalue weighted by molar-refractivity contribution is 6.30. The van der Waals surface area contributed by atoms with Crippen LogP contribution in [0, 0.1) is 0 Å². The van der Waals surface area contributed by atoms with Crippen LogP contribution >= 0.6 is 11.6 Å². The Morgan fingerprint density at radius 3 is 2.62 bits per heavy atom. The molecule has 0 saturated carbocycles. The minimum atomic E-state index is 0.0831. The molecule has 1 amide bonds. The Hall–Kier alpha value is -1.91. The lowest BCUT2D eigenvalue weighted by Crippen LogP contribution is -2.34. The summed E-state index contributed by atoms with van der Waals surface area (Å²) in [6.07, 6.45) is 5.82. The van der Waals surface area contributed by atoms with Gasteiger partial charge in [0.05, 0.1) is 6.04 Å². The third kappa shape index (κ3) is 5.95. The van der Waals surface area contributed by atoms with Crippen molar-refractivity contribution in [2.45, 2.75) is 25.3 Å². The molecule has 24 heavy (non-hydrogen) atoms. The van der Waals surface area contributed by atoms with Gasteiger partial charge >= 0.3 is 0 Å². The smallest absolute Gasteiger partial charge is 0.220 e. The molecule has 1 unspecified atom stereocenters. The molecule has 128 valence electrons. The maximum Gasteiger partial charge on any atom is 0.220 e. The fourth-order valence-electron chi connectivity index (χ4n) is 2.58. The molecule has 0 bridgehead atoms. The molecule has 0 radical (unpaired) electrons. The van der Waals surface area contributed by atoms with Crippen molar-refractivity contribution in [3.63, 3.8) is 0 Å². The number of halogens is 1. The maximum absolute atomic E-state index is 12.1. The highest BCUT2D eigenvalue weighted by Crippen LogP contribution is 2.19. The minimum absolute atomic E-state index is 0.0831. The topological polar surface area (TPSA) is 45.2 Å². The van der Waals surface area contributed by atoms with Gasteiger partial charge in [-0.05, 0) is 56.3 Å². The number of rotatable bonds is 8. The van der Waals surface area contributed by atoms with Crippen LogP contribution in [0.2, 0.25) is 5.02 Å². The maximum atomic E-state index is 12.1. The van der Waals surface area contributed by atoms with Gasteiger partial charge in [-0.15, -0.1) is 0 Å². The van der Waals surface area contributed by atoms with Crippen molar-refractivity contribution >= 4 is 17.5 Å². The molecule has 1 atom stereocenters. The van der Waals surface area contributed by atoms with Crippen LogP contribution in [0.15, 0.2) is 48.8 Å². The van der Waals surface area contributed by atoms with Gasteiger partial charge in [0.2, 0.25) is 5.91 Å². The van der Waals surface area contributed by atoms with E-state index in [4.69, 9.17) is 11.6 Å². The van der Waals surface area contributed by atoms with Gasteiger partial charge in [-0.3, -0.25) is 9.78 Å². The molecule has 2 rings (SSSR count). The summed E-state index contributed by atoms with van der Waals surface area (Å²) in [4.78, 5) is 18.3. The molecule has 0 spiro atoms. The van der Waals surface area contributed by atoms with Gasteiger partial charge in [-0.2, -0.15) is 0 Å². The summed E-state index contributed by atoms with van der Waals surface area (Å²) in [7, 11) is 4.02. The zero-order chi connectivity index (χ0) is 17.4. The first kappa shape index (κ1) is 18.4. The van der Waals surface area contributed by atoms with Crippen molar-refractivity contribution in [2.75, 3.05) is 20.6 Å². The lowest BCUT2D eigenvalue weighted by Gasteiger charge is -2.25. The largest absolute Gasteiger partial charge is 0.354 e. The molecule has 1 heterocycles. The van der Waals surface area contributed by atoms with E-state index < -0.39 is 0 Å². The molecular formula is C19H24ClN3O. The number of likely N-dealkylation sites (N-methyl/N-ethyl adjacent to an activating group) is 1. The average molecular weight is 346 g/mol. The molecule has 5 heteroatoms. The first-order chi connectivity index (χ1) is 11.6. The van der Waals surface area contributed by atoms with Crippen LogP contribution in [-0.2, 0) is 11.2 Å². The monoisotopic (exact) mass is 345 g/mol. The van der Waals surface area contributed by atoms with Crippen molar-refractivity contribution in [1.82, 2.24) is 15.2 Å². The molecule has 0 aliphatic rings. The van der Waals surface area contributed by atoms with E-state index in [0.717, 1.165) is 29.0 Å². The Kier molecular flexibility index (Phi) is 7.22. The van der Waals surface area contributed by atoms with Crippen molar-refractivity contribution < 1.29 is 4.79 Å². The van der Waals surface area contributed by atoms with E-state index in [9.17, 15) is 4.79 Å². The van der Waals surface area contributed by atoms with E-state index in [1.54, 1.807) is 6.20 Å². The lowest BCUT2D eigenvalue weighted by molar-refractivity contribution is -0.121. The van der Waals surface area contributed by atoms with Crippen molar-refractivity contribution in [1.29, 1.82) is 0 Å². The molecule has 1 aromatic heterocycles. The summed E-state index contributed by atoms with van der Waals surface area (Å²) in [6.45, 7) is 0.584. The van der Waals surface area contributed by atoms with Crippen LogP contribution in [0.3, 0.4) is 0 Å². The van der Waals surface area contributed by atoms with E-state index in [0.29, 0.717) is 13.0 Å². The van der Waals surface area contributed by atoms with Gasteiger partial charge < -0.3 is 10.2 Å². The number of carbonyl (C=O) groups excluding carboxylic acids is 1. The van der Waals surface area contributed by atoms with Gasteiger partial charge in [-0.1, -0.05) is 29.8 Å². The quantitative estimate of drug-likeness (QED) is 0.796. The Morgan fingerprint density at radius 1 is 1.25 bits per heavy atom. The molecule has 0 fully saturated rings. The molecule has 1 N–H and O–H groups in total. The minimum Gasteiger partial charge on any atom is -0.354 e. The number of aromatic nitrogens is 1. The van der Waals surface area contributed by atoms with E-state index in [1.807, 2.05) is 56.7 Å². The van der Waals surface area contributed by atoms with Crippen LogP contribution in [0.25, 0.3) is 0 Å². The molecule has 0 aliphatic heterocycles. The number of nitrogens with one attached hydrogen (secondary N) is 1. The zero-order valence-electron chi connectivity index (χ0n) is 14.2. The third-order valence-corrected chi connectivity index (χ3v) is 4.21. The Labute approximate surface area is 148 Å². The zero-order valence-corrected chi connectivity index (χ0v) is 15.0. The number of hydrogen-bond donors (Lipinski definition) is 1. The summed E-state index contributed by atoms with van der Waals surface area (Å²) in [5.74, 6) is 0.0831. The highest BCUT2D eigenvalue weighted by Gasteiger charge is 2.15. The van der Waals surface area contributed by atoms with E-state index >= 15 is 0 Å². The SMILES string of the molecule is CN(C)C(CNC(=O)CCCc1cccnc1)c1ccc(Cl)cc1. The summed E-state index contributed by atoms with van der Waals surface area (Å²) in [5.41, 5.74) is 2.30. The molecule has 4 nitrogen and oxygen atoms in total. The number of pyridine rings is 1. The summed E-state index contributed by atoms with van der Waals surface area (Å²) >= 11 is 5.94. The third-order valence-electron chi connectivity index (χ3n) is 3.96. The predicted molar refractivity (Wildman–Crippen MR) is 98.1 cm³/mol.